The molecule has 0 spiro atoms. The monoisotopic (exact) mass is 313 g/mol. The molecular weight excluding hydrogens is 290 g/mol. The van der Waals surface area contributed by atoms with Crippen molar-refractivity contribution in [3.8, 4) is 0 Å². The van der Waals surface area contributed by atoms with Crippen molar-refractivity contribution >= 4 is 11.8 Å². The minimum absolute atomic E-state index is 0.741. The second kappa shape index (κ2) is 7.37. The van der Waals surface area contributed by atoms with Crippen LogP contribution in [0, 0.1) is 6.92 Å². The lowest BCUT2D eigenvalue weighted by Crippen LogP contribution is -2.37. The van der Waals surface area contributed by atoms with Gasteiger partial charge in [-0.2, -0.15) is 4.98 Å². The summed E-state index contributed by atoms with van der Waals surface area (Å²) in [6, 6.07) is 6.15. The lowest BCUT2D eigenvalue weighted by atomic mass is 10.2. The van der Waals surface area contributed by atoms with Gasteiger partial charge in [0.2, 0.25) is 5.95 Å². The number of likely N-dealkylation sites (N-methyl/N-ethyl adjacent to an activating group) is 1. The third-order valence-electron chi connectivity index (χ3n) is 4.00. The van der Waals surface area contributed by atoms with E-state index in [1.807, 2.05) is 25.4 Å². The zero-order valence-electron chi connectivity index (χ0n) is 13.8. The van der Waals surface area contributed by atoms with E-state index in [0.29, 0.717) is 0 Å². The Morgan fingerprint density at radius 2 is 1.91 bits per heavy atom. The van der Waals surface area contributed by atoms with Crippen LogP contribution in [0.4, 0.5) is 11.8 Å². The lowest BCUT2D eigenvalue weighted by molar-refractivity contribution is 0.122. The Bertz CT molecular complexity index is 628. The normalized spacial score (nSPS) is 14.8. The van der Waals surface area contributed by atoms with Crippen LogP contribution in [0.25, 0.3) is 0 Å². The second-order valence-electron chi connectivity index (χ2n) is 5.79. The third kappa shape index (κ3) is 4.16. The molecule has 0 amide bonds. The van der Waals surface area contributed by atoms with Crippen LogP contribution in [-0.4, -0.2) is 54.8 Å². The summed E-state index contributed by atoms with van der Waals surface area (Å²) >= 11 is 0. The van der Waals surface area contributed by atoms with E-state index in [-0.39, 0.29) is 0 Å². The van der Waals surface area contributed by atoms with Gasteiger partial charge in [0.15, 0.2) is 0 Å². The number of anilines is 2. The minimum atomic E-state index is 0.741. The highest BCUT2D eigenvalue weighted by atomic mass is 16.5. The summed E-state index contributed by atoms with van der Waals surface area (Å²) in [7, 11) is 2.08. The first-order chi connectivity index (χ1) is 11.2. The van der Waals surface area contributed by atoms with Crippen molar-refractivity contribution < 1.29 is 4.74 Å². The Balaban J connectivity index is 1.69. The first-order valence-corrected chi connectivity index (χ1v) is 8.01. The van der Waals surface area contributed by atoms with E-state index in [2.05, 4.69) is 38.9 Å². The number of morpholine rings is 1. The third-order valence-corrected chi connectivity index (χ3v) is 4.00. The standard InChI is InChI=1S/C17H23N5O/c1-14-13-16(20-17(19-14)22-9-11-23-12-10-22)21(2)8-5-15-3-6-18-7-4-15/h3-4,6-7,13H,5,8-12H2,1-2H3. The lowest BCUT2D eigenvalue weighted by Gasteiger charge is -2.28. The van der Waals surface area contributed by atoms with Crippen molar-refractivity contribution in [3.05, 3.63) is 41.9 Å². The van der Waals surface area contributed by atoms with E-state index in [9.17, 15) is 0 Å². The van der Waals surface area contributed by atoms with Crippen LogP contribution in [0.2, 0.25) is 0 Å². The smallest absolute Gasteiger partial charge is 0.227 e. The van der Waals surface area contributed by atoms with Crippen molar-refractivity contribution in [2.45, 2.75) is 13.3 Å². The van der Waals surface area contributed by atoms with E-state index in [4.69, 9.17) is 9.72 Å². The van der Waals surface area contributed by atoms with E-state index in [0.717, 1.165) is 56.7 Å². The van der Waals surface area contributed by atoms with E-state index >= 15 is 0 Å². The van der Waals surface area contributed by atoms with Gasteiger partial charge in [-0.25, -0.2) is 4.98 Å². The summed E-state index contributed by atoms with van der Waals surface area (Å²) in [4.78, 5) is 17.8. The molecule has 1 saturated heterocycles. The quantitative estimate of drug-likeness (QED) is 0.837. The topological polar surface area (TPSA) is 54.4 Å². The molecule has 0 N–H and O–H groups in total. The fourth-order valence-electron chi connectivity index (χ4n) is 2.60. The molecule has 6 heteroatoms. The first-order valence-electron chi connectivity index (χ1n) is 8.01. The molecule has 23 heavy (non-hydrogen) atoms. The summed E-state index contributed by atoms with van der Waals surface area (Å²) in [5.74, 6) is 1.77. The van der Waals surface area contributed by atoms with Crippen LogP contribution in [0.1, 0.15) is 11.3 Å². The average Bonchev–Trinajstić information content (AvgIpc) is 2.61. The van der Waals surface area contributed by atoms with Gasteiger partial charge in [0.1, 0.15) is 5.82 Å². The SMILES string of the molecule is Cc1cc(N(C)CCc2ccncc2)nc(N2CCOCC2)n1. The Hall–Kier alpha value is -2.21. The van der Waals surface area contributed by atoms with Gasteiger partial charge >= 0.3 is 0 Å². The highest BCUT2D eigenvalue weighted by Gasteiger charge is 2.16. The maximum atomic E-state index is 5.40. The number of aromatic nitrogens is 3. The summed E-state index contributed by atoms with van der Waals surface area (Å²) in [6.07, 6.45) is 4.64. The van der Waals surface area contributed by atoms with Crippen molar-refractivity contribution in [3.63, 3.8) is 0 Å². The van der Waals surface area contributed by atoms with Gasteiger partial charge in [0, 0.05) is 50.8 Å². The molecule has 0 aliphatic carbocycles. The second-order valence-corrected chi connectivity index (χ2v) is 5.79. The molecule has 0 aromatic carbocycles. The van der Waals surface area contributed by atoms with Crippen LogP contribution in [0.15, 0.2) is 30.6 Å². The fraction of sp³-hybridized carbons (Fsp3) is 0.471. The summed E-state index contributed by atoms with van der Waals surface area (Å²) in [5, 5.41) is 0. The Labute approximate surface area is 137 Å². The van der Waals surface area contributed by atoms with Gasteiger partial charge in [-0.05, 0) is 31.0 Å². The molecule has 0 saturated carbocycles. The molecule has 0 unspecified atom stereocenters. The molecule has 3 rings (SSSR count). The van der Waals surface area contributed by atoms with Crippen LogP contribution >= 0.6 is 0 Å². The predicted octanol–water partition coefficient (Wildman–Crippen LogP) is 1.70. The van der Waals surface area contributed by atoms with Crippen LogP contribution in [-0.2, 0) is 11.2 Å². The largest absolute Gasteiger partial charge is 0.378 e. The van der Waals surface area contributed by atoms with Crippen molar-refractivity contribution in [2.75, 3.05) is 49.7 Å². The number of hydrogen-bond acceptors (Lipinski definition) is 6. The van der Waals surface area contributed by atoms with Crippen LogP contribution in [0.3, 0.4) is 0 Å². The van der Waals surface area contributed by atoms with Gasteiger partial charge in [-0.1, -0.05) is 0 Å². The minimum Gasteiger partial charge on any atom is -0.378 e. The van der Waals surface area contributed by atoms with Gasteiger partial charge in [-0.3, -0.25) is 4.98 Å². The zero-order valence-corrected chi connectivity index (χ0v) is 13.8. The first kappa shape index (κ1) is 15.7. The maximum Gasteiger partial charge on any atom is 0.227 e. The van der Waals surface area contributed by atoms with E-state index < -0.39 is 0 Å². The molecule has 1 aliphatic heterocycles. The van der Waals surface area contributed by atoms with Gasteiger partial charge in [0.25, 0.3) is 0 Å². The van der Waals surface area contributed by atoms with Crippen LogP contribution < -0.4 is 9.80 Å². The van der Waals surface area contributed by atoms with Gasteiger partial charge in [0.05, 0.1) is 13.2 Å². The fourth-order valence-corrected chi connectivity index (χ4v) is 2.60. The molecule has 6 nitrogen and oxygen atoms in total. The number of pyridine rings is 1. The molecule has 0 radical (unpaired) electrons. The molecule has 2 aromatic rings. The van der Waals surface area contributed by atoms with E-state index in [1.165, 1.54) is 5.56 Å². The highest BCUT2D eigenvalue weighted by Crippen LogP contribution is 2.17. The van der Waals surface area contributed by atoms with Crippen LogP contribution in [0.5, 0.6) is 0 Å². The van der Waals surface area contributed by atoms with Crippen molar-refractivity contribution in [1.29, 1.82) is 0 Å². The molecule has 2 aromatic heterocycles. The maximum absolute atomic E-state index is 5.40. The number of ether oxygens (including phenoxy) is 1. The van der Waals surface area contributed by atoms with E-state index in [1.54, 1.807) is 0 Å². The number of aryl methyl sites for hydroxylation is 1. The summed E-state index contributed by atoms with van der Waals surface area (Å²) in [6.45, 7) is 6.11. The molecule has 1 aliphatic rings. The molecule has 0 atom stereocenters. The molecule has 122 valence electrons. The number of rotatable bonds is 5. The average molecular weight is 313 g/mol. The van der Waals surface area contributed by atoms with Gasteiger partial charge in [-0.15, -0.1) is 0 Å². The summed E-state index contributed by atoms with van der Waals surface area (Å²) < 4.78 is 5.40. The van der Waals surface area contributed by atoms with Crippen molar-refractivity contribution in [2.24, 2.45) is 0 Å². The molecule has 3 heterocycles. The Morgan fingerprint density at radius 1 is 1.17 bits per heavy atom. The van der Waals surface area contributed by atoms with Crippen molar-refractivity contribution in [1.82, 2.24) is 15.0 Å². The molecule has 1 fully saturated rings. The Morgan fingerprint density at radius 3 is 2.65 bits per heavy atom. The number of hydrogen-bond donors (Lipinski definition) is 0. The summed E-state index contributed by atoms with van der Waals surface area (Å²) in [5.41, 5.74) is 2.28. The molecule has 0 bridgehead atoms. The van der Waals surface area contributed by atoms with Gasteiger partial charge < -0.3 is 14.5 Å². The Kier molecular flexibility index (Phi) is 5.02. The zero-order chi connectivity index (χ0) is 16.1. The molecular formula is C17H23N5O. The highest BCUT2D eigenvalue weighted by molar-refractivity contribution is 5.45. The predicted molar refractivity (Wildman–Crippen MR) is 91.0 cm³/mol. The number of nitrogens with zero attached hydrogens (tertiary/aromatic N) is 5.